The van der Waals surface area contributed by atoms with Gasteiger partial charge in [-0.25, -0.2) is 0 Å². The van der Waals surface area contributed by atoms with Crippen molar-refractivity contribution in [3.63, 3.8) is 0 Å². The number of rotatable bonds is 8. The molecule has 0 aliphatic heterocycles. The van der Waals surface area contributed by atoms with Crippen molar-refractivity contribution in [3.8, 4) is 0 Å². The number of thiophene rings is 1. The second-order valence-corrected chi connectivity index (χ2v) is 4.53. The van der Waals surface area contributed by atoms with Crippen molar-refractivity contribution < 1.29 is 14.5 Å². The maximum Gasteiger partial charge on any atom is 0.324 e. The maximum atomic E-state index is 11.0. The Balaban J connectivity index is 2.14. The third-order valence-corrected chi connectivity index (χ3v) is 3.12. The number of nitrogens with one attached hydrogen (secondary N) is 1. The van der Waals surface area contributed by atoms with Crippen LogP contribution >= 0.6 is 11.3 Å². The van der Waals surface area contributed by atoms with Crippen LogP contribution in [0.5, 0.6) is 0 Å². The van der Waals surface area contributed by atoms with Crippen LogP contribution in [0.25, 0.3) is 0 Å². The van der Waals surface area contributed by atoms with Gasteiger partial charge < -0.3 is 10.1 Å². The second-order valence-electron chi connectivity index (χ2n) is 3.64. The minimum atomic E-state index is -0.394. The molecule has 0 saturated heterocycles. The van der Waals surface area contributed by atoms with Crippen molar-refractivity contribution in [1.82, 2.24) is 5.32 Å². The van der Waals surface area contributed by atoms with Gasteiger partial charge in [0.25, 0.3) is 0 Å². The molecule has 0 aromatic carbocycles. The van der Waals surface area contributed by atoms with E-state index in [0.717, 1.165) is 16.9 Å². The van der Waals surface area contributed by atoms with Crippen LogP contribution < -0.4 is 5.32 Å². The summed E-state index contributed by atoms with van der Waals surface area (Å²) in [5, 5.41) is 15.5. The van der Waals surface area contributed by atoms with Crippen LogP contribution in [0.2, 0.25) is 0 Å². The SMILES string of the molecule is CCOC(=O)CCCNCc1csc([N+](=O)[O-])c1. The molecule has 6 nitrogen and oxygen atoms in total. The molecule has 100 valence electrons. The standard InChI is InChI=1S/C11H16N2O4S/c1-2-17-11(14)4-3-5-12-7-9-6-10(13(15)16)18-8-9/h6,8,12H,2-5,7H2,1H3. The van der Waals surface area contributed by atoms with Gasteiger partial charge in [0.15, 0.2) is 0 Å². The summed E-state index contributed by atoms with van der Waals surface area (Å²) in [6.07, 6.45) is 1.09. The number of carbonyl (C=O) groups excluding carboxylic acids is 1. The molecule has 0 amide bonds. The smallest absolute Gasteiger partial charge is 0.324 e. The van der Waals surface area contributed by atoms with Gasteiger partial charge in [-0.2, -0.15) is 0 Å². The van der Waals surface area contributed by atoms with Gasteiger partial charge in [-0.1, -0.05) is 11.3 Å². The summed E-state index contributed by atoms with van der Waals surface area (Å²) in [5.41, 5.74) is 0.892. The monoisotopic (exact) mass is 272 g/mol. The fourth-order valence-corrected chi connectivity index (χ4v) is 2.10. The molecule has 0 atom stereocenters. The van der Waals surface area contributed by atoms with E-state index in [4.69, 9.17) is 4.74 Å². The Kier molecular flexibility index (Phi) is 6.31. The summed E-state index contributed by atoms with van der Waals surface area (Å²) in [7, 11) is 0. The first kappa shape index (κ1) is 14.6. The number of hydrogen-bond donors (Lipinski definition) is 1. The van der Waals surface area contributed by atoms with Crippen LogP contribution in [-0.2, 0) is 16.1 Å². The summed E-state index contributed by atoms with van der Waals surface area (Å²) < 4.78 is 4.80. The van der Waals surface area contributed by atoms with E-state index in [1.807, 2.05) is 0 Å². The molecule has 0 radical (unpaired) electrons. The molecular weight excluding hydrogens is 256 g/mol. The van der Waals surface area contributed by atoms with Crippen LogP contribution in [-0.4, -0.2) is 24.0 Å². The summed E-state index contributed by atoms with van der Waals surface area (Å²) in [6, 6.07) is 1.56. The molecule has 18 heavy (non-hydrogen) atoms. The topological polar surface area (TPSA) is 81.5 Å². The van der Waals surface area contributed by atoms with Crippen LogP contribution in [0.15, 0.2) is 11.4 Å². The zero-order valence-electron chi connectivity index (χ0n) is 10.2. The molecular formula is C11H16N2O4S. The van der Waals surface area contributed by atoms with E-state index in [-0.39, 0.29) is 11.0 Å². The highest BCUT2D eigenvalue weighted by Gasteiger charge is 2.08. The number of hydrogen-bond acceptors (Lipinski definition) is 6. The zero-order valence-corrected chi connectivity index (χ0v) is 11.0. The molecule has 0 bridgehead atoms. The van der Waals surface area contributed by atoms with Gasteiger partial charge in [-0.15, -0.1) is 0 Å². The van der Waals surface area contributed by atoms with Crippen molar-refractivity contribution in [2.75, 3.05) is 13.2 Å². The molecule has 1 aromatic rings. The van der Waals surface area contributed by atoms with Gasteiger partial charge in [-0.3, -0.25) is 14.9 Å². The highest BCUT2D eigenvalue weighted by molar-refractivity contribution is 7.13. The third-order valence-electron chi connectivity index (χ3n) is 2.19. The minimum absolute atomic E-state index is 0.151. The van der Waals surface area contributed by atoms with E-state index in [1.54, 1.807) is 18.4 Å². The first-order chi connectivity index (χ1) is 8.63. The molecule has 0 aliphatic carbocycles. The van der Waals surface area contributed by atoms with Crippen LogP contribution in [0.1, 0.15) is 25.3 Å². The summed E-state index contributed by atoms with van der Waals surface area (Å²) in [5.74, 6) is -0.189. The second kappa shape index (κ2) is 7.78. The van der Waals surface area contributed by atoms with Gasteiger partial charge in [0.2, 0.25) is 0 Å². The first-order valence-electron chi connectivity index (χ1n) is 5.71. The van der Waals surface area contributed by atoms with Gasteiger partial charge >= 0.3 is 11.0 Å². The van der Waals surface area contributed by atoms with Crippen molar-refractivity contribution >= 4 is 22.3 Å². The molecule has 0 aliphatic rings. The largest absolute Gasteiger partial charge is 0.466 e. The molecule has 1 N–H and O–H groups in total. The zero-order chi connectivity index (χ0) is 13.4. The highest BCUT2D eigenvalue weighted by atomic mass is 32.1. The molecule has 1 heterocycles. The predicted octanol–water partition coefficient (Wildman–Crippen LogP) is 2.09. The van der Waals surface area contributed by atoms with Crippen molar-refractivity contribution in [2.24, 2.45) is 0 Å². The highest BCUT2D eigenvalue weighted by Crippen LogP contribution is 2.22. The number of nitrogens with zero attached hydrogens (tertiary/aromatic N) is 1. The number of esters is 1. The van der Waals surface area contributed by atoms with Crippen LogP contribution in [0.4, 0.5) is 5.00 Å². The van der Waals surface area contributed by atoms with Gasteiger partial charge in [0.1, 0.15) is 0 Å². The van der Waals surface area contributed by atoms with E-state index < -0.39 is 4.92 Å². The van der Waals surface area contributed by atoms with Crippen LogP contribution in [0.3, 0.4) is 0 Å². The summed E-state index contributed by atoms with van der Waals surface area (Å²) >= 11 is 1.12. The van der Waals surface area contributed by atoms with E-state index in [9.17, 15) is 14.9 Å². The molecule has 7 heteroatoms. The lowest BCUT2D eigenvalue weighted by Crippen LogP contribution is -2.16. The molecule has 0 fully saturated rings. The Morgan fingerprint density at radius 1 is 1.61 bits per heavy atom. The Labute approximate surface area is 109 Å². The van der Waals surface area contributed by atoms with E-state index in [0.29, 0.717) is 32.5 Å². The summed E-state index contributed by atoms with van der Waals surface area (Å²) in [6.45, 7) is 3.44. The van der Waals surface area contributed by atoms with Crippen molar-refractivity contribution in [2.45, 2.75) is 26.3 Å². The van der Waals surface area contributed by atoms with E-state index in [1.165, 1.54) is 0 Å². The minimum Gasteiger partial charge on any atom is -0.466 e. The summed E-state index contributed by atoms with van der Waals surface area (Å²) in [4.78, 5) is 21.1. The van der Waals surface area contributed by atoms with E-state index in [2.05, 4.69) is 5.32 Å². The Morgan fingerprint density at radius 2 is 2.39 bits per heavy atom. The quantitative estimate of drug-likeness (QED) is 0.339. The van der Waals surface area contributed by atoms with Crippen molar-refractivity contribution in [1.29, 1.82) is 0 Å². The average Bonchev–Trinajstić information content (AvgIpc) is 2.78. The lowest BCUT2D eigenvalue weighted by molar-refractivity contribution is -0.380. The number of nitro groups is 1. The lowest BCUT2D eigenvalue weighted by Gasteiger charge is -2.03. The average molecular weight is 272 g/mol. The van der Waals surface area contributed by atoms with E-state index >= 15 is 0 Å². The van der Waals surface area contributed by atoms with Gasteiger partial charge in [0, 0.05) is 24.4 Å². The molecule has 1 aromatic heterocycles. The third kappa shape index (κ3) is 5.24. The number of carbonyl (C=O) groups is 1. The molecule has 0 saturated carbocycles. The fraction of sp³-hybridized carbons (Fsp3) is 0.545. The molecule has 0 unspecified atom stereocenters. The van der Waals surface area contributed by atoms with Crippen molar-refractivity contribution in [3.05, 3.63) is 27.1 Å². The molecule has 0 spiro atoms. The maximum absolute atomic E-state index is 11.0. The number of ether oxygens (including phenoxy) is 1. The fourth-order valence-electron chi connectivity index (χ4n) is 1.37. The molecule has 1 rings (SSSR count). The lowest BCUT2D eigenvalue weighted by atomic mass is 10.3. The normalized spacial score (nSPS) is 10.3. The van der Waals surface area contributed by atoms with Crippen LogP contribution in [0, 0.1) is 10.1 Å². The Morgan fingerprint density at radius 3 is 3.00 bits per heavy atom. The first-order valence-corrected chi connectivity index (χ1v) is 6.59. The predicted molar refractivity (Wildman–Crippen MR) is 68.5 cm³/mol. The Bertz CT molecular complexity index is 406. The van der Waals surface area contributed by atoms with Gasteiger partial charge in [-0.05, 0) is 25.5 Å². The van der Waals surface area contributed by atoms with Gasteiger partial charge in [0.05, 0.1) is 11.5 Å². The Hall–Kier alpha value is -1.47.